The van der Waals surface area contributed by atoms with Gasteiger partial charge in [0.15, 0.2) is 5.58 Å². The van der Waals surface area contributed by atoms with E-state index in [0.29, 0.717) is 24.7 Å². The van der Waals surface area contributed by atoms with E-state index in [1.165, 1.54) is 0 Å². The summed E-state index contributed by atoms with van der Waals surface area (Å²) in [7, 11) is -2.99. The number of aromatic nitrogens is 1. The van der Waals surface area contributed by atoms with Crippen molar-refractivity contribution in [3.63, 3.8) is 0 Å². The van der Waals surface area contributed by atoms with Crippen LogP contribution in [0.25, 0.3) is 11.1 Å². The van der Waals surface area contributed by atoms with Gasteiger partial charge in [-0.1, -0.05) is 12.1 Å². The molecule has 3 rings (SSSR count). The van der Waals surface area contributed by atoms with Crippen LogP contribution >= 0.6 is 11.8 Å². The average Bonchev–Trinajstić information content (AvgIpc) is 3.02. The van der Waals surface area contributed by atoms with Gasteiger partial charge in [0.05, 0.1) is 11.0 Å². The molecule has 1 aliphatic heterocycles. The Kier molecular flexibility index (Phi) is 4.24. The van der Waals surface area contributed by atoms with Crippen LogP contribution in [0.5, 0.6) is 0 Å². The fourth-order valence-corrected chi connectivity index (χ4v) is 4.98. The highest BCUT2D eigenvalue weighted by atomic mass is 32.2. The molecule has 0 saturated carbocycles. The minimum absolute atomic E-state index is 0.114. The zero-order valence-electron chi connectivity index (χ0n) is 11.9. The summed E-state index contributed by atoms with van der Waals surface area (Å²) in [5, 5.41) is 0.114. The molecular weight excluding hydrogens is 308 g/mol. The summed E-state index contributed by atoms with van der Waals surface area (Å²) in [5.74, 6) is 1.74. The second kappa shape index (κ2) is 5.98. The Bertz CT molecular complexity index is 694. The van der Waals surface area contributed by atoms with E-state index < -0.39 is 10.0 Å². The summed E-state index contributed by atoms with van der Waals surface area (Å²) < 4.78 is 30.7. The Morgan fingerprint density at radius 1 is 1.43 bits per heavy atom. The Balaban J connectivity index is 1.58. The molecule has 0 unspecified atom stereocenters. The van der Waals surface area contributed by atoms with E-state index in [1.54, 1.807) is 16.1 Å². The highest BCUT2D eigenvalue weighted by Gasteiger charge is 2.27. The first-order valence-corrected chi connectivity index (χ1v) is 9.67. The third kappa shape index (κ3) is 3.25. The van der Waals surface area contributed by atoms with Crippen molar-refractivity contribution in [1.82, 2.24) is 9.29 Å². The van der Waals surface area contributed by atoms with Gasteiger partial charge in [0.25, 0.3) is 0 Å². The smallest absolute Gasteiger partial charge is 0.214 e. The lowest BCUT2D eigenvalue weighted by molar-refractivity contribution is 0.465. The van der Waals surface area contributed by atoms with Gasteiger partial charge in [0, 0.05) is 18.8 Å². The molecule has 21 heavy (non-hydrogen) atoms. The average molecular weight is 326 g/mol. The highest BCUT2D eigenvalue weighted by Crippen LogP contribution is 2.30. The maximum atomic E-state index is 11.7. The molecule has 1 fully saturated rings. The van der Waals surface area contributed by atoms with Crippen LogP contribution in [0.1, 0.15) is 24.5 Å². The molecule has 114 valence electrons. The Hall–Kier alpha value is -1.05. The number of sulfonamides is 1. The molecule has 1 aromatic heterocycles. The largest absolute Gasteiger partial charge is 0.439 e. The van der Waals surface area contributed by atoms with Crippen molar-refractivity contribution < 1.29 is 12.8 Å². The molecule has 0 radical (unpaired) electrons. The van der Waals surface area contributed by atoms with E-state index in [1.807, 2.05) is 31.2 Å². The summed E-state index contributed by atoms with van der Waals surface area (Å²) in [4.78, 5) is 4.47. The lowest BCUT2D eigenvalue weighted by Gasteiger charge is -2.14. The third-order valence-electron chi connectivity index (χ3n) is 3.57. The quantitative estimate of drug-likeness (QED) is 0.845. The number of para-hydroxylation sites is 2. The molecule has 1 aromatic carbocycles. The summed E-state index contributed by atoms with van der Waals surface area (Å²) in [5.41, 5.74) is 1.66. The monoisotopic (exact) mass is 326 g/mol. The van der Waals surface area contributed by atoms with Crippen LogP contribution in [-0.2, 0) is 10.0 Å². The minimum Gasteiger partial charge on any atom is -0.439 e. The third-order valence-corrected chi connectivity index (χ3v) is 6.65. The number of hydrogen-bond acceptors (Lipinski definition) is 5. The van der Waals surface area contributed by atoms with Gasteiger partial charge < -0.3 is 4.42 Å². The summed E-state index contributed by atoms with van der Waals surface area (Å²) in [6, 6.07) is 7.69. The second-order valence-electron chi connectivity index (χ2n) is 5.10. The first-order chi connectivity index (χ1) is 10.1. The van der Waals surface area contributed by atoms with E-state index >= 15 is 0 Å². The molecule has 1 aliphatic rings. The van der Waals surface area contributed by atoms with Crippen molar-refractivity contribution in [3.8, 4) is 0 Å². The van der Waals surface area contributed by atoms with Gasteiger partial charge in [-0.15, -0.1) is 11.8 Å². The summed E-state index contributed by atoms with van der Waals surface area (Å²) >= 11 is 1.67. The zero-order chi connectivity index (χ0) is 14.9. The minimum atomic E-state index is -2.99. The molecule has 0 aliphatic carbocycles. The van der Waals surface area contributed by atoms with Crippen molar-refractivity contribution in [2.75, 3.05) is 24.6 Å². The first-order valence-electron chi connectivity index (χ1n) is 7.01. The van der Waals surface area contributed by atoms with Crippen molar-refractivity contribution >= 4 is 32.9 Å². The summed E-state index contributed by atoms with van der Waals surface area (Å²) in [6.07, 6.45) is 0.744. The van der Waals surface area contributed by atoms with Gasteiger partial charge in [-0.2, -0.15) is 0 Å². The lowest BCUT2D eigenvalue weighted by Crippen LogP contribution is -2.28. The number of fused-ring (bicyclic) bond motifs is 1. The molecule has 2 heterocycles. The number of thioether (sulfide) groups is 1. The zero-order valence-corrected chi connectivity index (χ0v) is 13.5. The van der Waals surface area contributed by atoms with Crippen molar-refractivity contribution in [2.24, 2.45) is 0 Å². The molecule has 5 nitrogen and oxygen atoms in total. The van der Waals surface area contributed by atoms with Gasteiger partial charge in [0.2, 0.25) is 15.9 Å². The van der Waals surface area contributed by atoms with Gasteiger partial charge >= 0.3 is 0 Å². The fourth-order valence-electron chi connectivity index (χ4n) is 2.41. The van der Waals surface area contributed by atoms with E-state index in [2.05, 4.69) is 4.98 Å². The molecule has 1 atom stereocenters. The summed E-state index contributed by atoms with van der Waals surface area (Å²) in [6.45, 7) is 3.26. The number of rotatable bonds is 5. The molecule has 0 N–H and O–H groups in total. The number of oxazole rings is 1. The van der Waals surface area contributed by atoms with Crippen LogP contribution in [0.15, 0.2) is 28.7 Å². The fraction of sp³-hybridized carbons (Fsp3) is 0.500. The van der Waals surface area contributed by atoms with E-state index in [9.17, 15) is 8.42 Å². The Labute approximate surface area is 128 Å². The van der Waals surface area contributed by atoms with Crippen molar-refractivity contribution in [1.29, 1.82) is 0 Å². The van der Waals surface area contributed by atoms with Crippen molar-refractivity contribution in [2.45, 2.75) is 18.6 Å². The van der Waals surface area contributed by atoms with Crippen LogP contribution in [0.2, 0.25) is 0 Å². The van der Waals surface area contributed by atoms with E-state index in [-0.39, 0.29) is 5.25 Å². The number of nitrogens with zero attached hydrogens (tertiary/aromatic N) is 2. The van der Waals surface area contributed by atoms with Crippen molar-refractivity contribution in [3.05, 3.63) is 30.2 Å². The van der Waals surface area contributed by atoms with Gasteiger partial charge in [-0.3, -0.25) is 0 Å². The van der Waals surface area contributed by atoms with Crippen LogP contribution in [-0.4, -0.2) is 42.3 Å². The Morgan fingerprint density at radius 2 is 2.24 bits per heavy atom. The predicted molar refractivity (Wildman–Crippen MR) is 84.9 cm³/mol. The standard InChI is InChI=1S/C14H18N2O3S2/c1-11(14-15-12-5-2-3-6-13(12)19-14)20-9-8-16-7-4-10-21(16,17)18/h2-3,5-6,11H,4,7-10H2,1H3/t11-/m1/s1. The lowest BCUT2D eigenvalue weighted by atomic mass is 10.3. The Morgan fingerprint density at radius 3 is 2.95 bits per heavy atom. The molecule has 0 bridgehead atoms. The van der Waals surface area contributed by atoms with Crippen LogP contribution < -0.4 is 0 Å². The molecule has 0 amide bonds. The SMILES string of the molecule is C[C@@H](SCCN1CCCS1(=O)=O)c1nc2ccccc2o1. The van der Waals surface area contributed by atoms with E-state index in [4.69, 9.17) is 4.42 Å². The number of hydrogen-bond donors (Lipinski definition) is 0. The topological polar surface area (TPSA) is 63.4 Å². The van der Waals surface area contributed by atoms with Gasteiger partial charge in [0.1, 0.15) is 5.52 Å². The first kappa shape index (κ1) is 14.9. The maximum Gasteiger partial charge on any atom is 0.214 e. The number of benzene rings is 1. The molecule has 2 aromatic rings. The molecule has 0 spiro atoms. The normalized spacial score (nSPS) is 20.0. The molecule has 7 heteroatoms. The van der Waals surface area contributed by atoms with E-state index in [0.717, 1.165) is 23.3 Å². The predicted octanol–water partition coefficient (Wildman–Crippen LogP) is 2.66. The van der Waals surface area contributed by atoms with Crippen LogP contribution in [0.4, 0.5) is 0 Å². The molecular formula is C14H18N2O3S2. The molecule has 1 saturated heterocycles. The van der Waals surface area contributed by atoms with Crippen LogP contribution in [0, 0.1) is 0 Å². The second-order valence-corrected chi connectivity index (χ2v) is 8.64. The van der Waals surface area contributed by atoms with Crippen LogP contribution in [0.3, 0.4) is 0 Å². The maximum absolute atomic E-state index is 11.7. The van der Waals surface area contributed by atoms with Gasteiger partial charge in [-0.05, 0) is 25.5 Å². The highest BCUT2D eigenvalue weighted by molar-refractivity contribution is 7.99. The van der Waals surface area contributed by atoms with Gasteiger partial charge in [-0.25, -0.2) is 17.7 Å².